The van der Waals surface area contributed by atoms with Crippen LogP contribution in [0.5, 0.6) is 0 Å². The van der Waals surface area contributed by atoms with E-state index in [0.717, 1.165) is 24.0 Å². The first-order chi connectivity index (χ1) is 11.1. The van der Waals surface area contributed by atoms with Crippen molar-refractivity contribution >= 4 is 22.6 Å². The summed E-state index contributed by atoms with van der Waals surface area (Å²) in [5.41, 5.74) is 2.93. The van der Waals surface area contributed by atoms with Gasteiger partial charge in [0.2, 0.25) is 0 Å². The van der Waals surface area contributed by atoms with Crippen molar-refractivity contribution < 1.29 is 18.5 Å². The van der Waals surface area contributed by atoms with Crippen molar-refractivity contribution in [3.63, 3.8) is 0 Å². The van der Waals surface area contributed by atoms with Crippen LogP contribution in [-0.4, -0.2) is 28.3 Å². The Hall–Kier alpha value is -1.49. The predicted octanol–water partition coefficient (Wildman–Crippen LogP) is 3.46. The average molecular weight is 350 g/mol. The topological polar surface area (TPSA) is 60.4 Å². The molecule has 0 radical (unpaired) electrons. The summed E-state index contributed by atoms with van der Waals surface area (Å²) in [6.07, 6.45) is 6.53. The lowest BCUT2D eigenvalue weighted by Gasteiger charge is -2.48. The molecule has 4 nitrogen and oxygen atoms in total. The van der Waals surface area contributed by atoms with Crippen molar-refractivity contribution in [2.75, 3.05) is 6.26 Å². The Kier molecular flexibility index (Phi) is 5.63. The van der Waals surface area contributed by atoms with Gasteiger partial charge in [0.15, 0.2) is 5.78 Å². The molecule has 2 aliphatic carbocycles. The Bertz CT molecular complexity index is 667. The van der Waals surface area contributed by atoms with Crippen molar-refractivity contribution in [3.05, 3.63) is 34.3 Å². The fourth-order valence-corrected chi connectivity index (χ4v) is 3.97. The third kappa shape index (κ3) is 3.77. The number of carbonyl (C=O) groups is 2. The molecule has 132 valence electrons. The highest BCUT2D eigenvalue weighted by atomic mass is 32.2. The van der Waals surface area contributed by atoms with Gasteiger partial charge in [0.25, 0.3) is 0 Å². The minimum atomic E-state index is -1.16. The Balaban J connectivity index is 2.22. The summed E-state index contributed by atoms with van der Waals surface area (Å²) in [5.74, 6) is -0.213. The molecule has 2 rings (SSSR count). The van der Waals surface area contributed by atoms with Crippen LogP contribution in [0.3, 0.4) is 0 Å². The number of esters is 1. The fourth-order valence-electron chi connectivity index (χ4n) is 3.67. The molecule has 1 fully saturated rings. The normalized spacial score (nSPS) is 31.5. The molecule has 0 unspecified atom stereocenters. The molecule has 0 bridgehead atoms. The molecular weight excluding hydrogens is 324 g/mol. The molecule has 5 heteroatoms. The number of allylic oxidation sites excluding steroid dienone is 4. The second-order valence-corrected chi connectivity index (χ2v) is 8.48. The highest BCUT2D eigenvalue weighted by Crippen LogP contribution is 2.52. The minimum absolute atomic E-state index is 0.115. The zero-order chi connectivity index (χ0) is 18.1. The summed E-state index contributed by atoms with van der Waals surface area (Å²) >= 11 is 0. The summed E-state index contributed by atoms with van der Waals surface area (Å²) in [6, 6.07) is 0. The molecule has 0 heterocycles. The number of hydrogen-bond acceptors (Lipinski definition) is 4. The van der Waals surface area contributed by atoms with E-state index in [9.17, 15) is 13.8 Å². The standard InChI is InChI=1S/C19H26O4S/c1-12(2)15-11-19(4)13(3)17(7-6-14(19)10-16(15)20)23-18(21)8-9-24(5)22/h8-10,13,17H,6-7,11H2,1-5H3/b9-8-/t13-,17-,19+,24+/m0/s1. The van der Waals surface area contributed by atoms with Gasteiger partial charge in [0, 0.05) is 34.5 Å². The van der Waals surface area contributed by atoms with E-state index < -0.39 is 16.8 Å². The van der Waals surface area contributed by atoms with E-state index in [1.165, 1.54) is 23.3 Å². The van der Waals surface area contributed by atoms with Crippen LogP contribution in [0.25, 0.3) is 0 Å². The third-order valence-corrected chi connectivity index (χ3v) is 5.93. The van der Waals surface area contributed by atoms with Crippen molar-refractivity contribution in [1.29, 1.82) is 0 Å². The van der Waals surface area contributed by atoms with Crippen LogP contribution in [0.2, 0.25) is 0 Å². The van der Waals surface area contributed by atoms with Gasteiger partial charge < -0.3 is 4.74 Å². The first-order valence-corrected chi connectivity index (χ1v) is 9.90. The van der Waals surface area contributed by atoms with E-state index in [2.05, 4.69) is 13.8 Å². The number of rotatable bonds is 3. The first kappa shape index (κ1) is 18.8. The highest BCUT2D eigenvalue weighted by molar-refractivity contribution is 7.87. The molecule has 0 aromatic carbocycles. The maximum Gasteiger partial charge on any atom is 0.331 e. The number of hydrogen-bond donors (Lipinski definition) is 0. The van der Waals surface area contributed by atoms with Crippen LogP contribution < -0.4 is 0 Å². The summed E-state index contributed by atoms with van der Waals surface area (Å²) < 4.78 is 16.6. The number of fused-ring (bicyclic) bond motifs is 1. The van der Waals surface area contributed by atoms with Gasteiger partial charge in [-0.1, -0.05) is 25.0 Å². The molecule has 0 amide bonds. The van der Waals surface area contributed by atoms with Gasteiger partial charge in [-0.25, -0.2) is 4.79 Å². The third-order valence-electron chi connectivity index (χ3n) is 5.41. The summed E-state index contributed by atoms with van der Waals surface area (Å²) in [7, 11) is -1.16. The fraction of sp³-hybridized carbons (Fsp3) is 0.579. The van der Waals surface area contributed by atoms with Crippen LogP contribution in [0.4, 0.5) is 0 Å². The van der Waals surface area contributed by atoms with Gasteiger partial charge in [-0.15, -0.1) is 0 Å². The molecule has 0 aliphatic heterocycles. The van der Waals surface area contributed by atoms with Crippen LogP contribution in [-0.2, 0) is 25.1 Å². The molecule has 0 spiro atoms. The second kappa shape index (κ2) is 7.18. The summed E-state index contributed by atoms with van der Waals surface area (Å²) in [6.45, 7) is 8.19. The lowest BCUT2D eigenvalue weighted by atomic mass is 9.58. The van der Waals surface area contributed by atoms with E-state index in [4.69, 9.17) is 4.74 Å². The van der Waals surface area contributed by atoms with Gasteiger partial charge in [-0.05, 0) is 50.2 Å². The van der Waals surface area contributed by atoms with Gasteiger partial charge in [0.1, 0.15) is 6.10 Å². The van der Waals surface area contributed by atoms with Gasteiger partial charge in [-0.2, -0.15) is 0 Å². The van der Waals surface area contributed by atoms with Gasteiger partial charge in [0.05, 0.1) is 0 Å². The smallest absolute Gasteiger partial charge is 0.331 e. The van der Waals surface area contributed by atoms with E-state index in [-0.39, 0.29) is 23.2 Å². The number of ketones is 1. The average Bonchev–Trinajstić information content (AvgIpc) is 2.49. The second-order valence-electron chi connectivity index (χ2n) is 7.21. The molecule has 1 saturated carbocycles. The van der Waals surface area contributed by atoms with E-state index in [0.29, 0.717) is 6.42 Å². The Morgan fingerprint density at radius 1 is 1.42 bits per heavy atom. The molecule has 0 aromatic rings. The number of ether oxygens (including phenoxy) is 1. The maximum absolute atomic E-state index is 12.3. The quantitative estimate of drug-likeness (QED) is 0.578. The van der Waals surface area contributed by atoms with Gasteiger partial charge >= 0.3 is 5.97 Å². The van der Waals surface area contributed by atoms with E-state index in [1.807, 2.05) is 13.8 Å². The predicted molar refractivity (Wildman–Crippen MR) is 95.7 cm³/mol. The lowest BCUT2D eigenvalue weighted by molar-refractivity contribution is -0.149. The zero-order valence-corrected chi connectivity index (χ0v) is 15.9. The van der Waals surface area contributed by atoms with Crippen molar-refractivity contribution in [1.82, 2.24) is 0 Å². The highest BCUT2D eigenvalue weighted by Gasteiger charge is 2.47. The van der Waals surface area contributed by atoms with Crippen molar-refractivity contribution in [2.24, 2.45) is 11.3 Å². The minimum Gasteiger partial charge on any atom is -0.459 e. The molecule has 4 atom stereocenters. The lowest BCUT2D eigenvalue weighted by Crippen LogP contribution is -2.44. The Morgan fingerprint density at radius 3 is 2.67 bits per heavy atom. The van der Waals surface area contributed by atoms with Crippen LogP contribution >= 0.6 is 0 Å². The SMILES string of the molecule is CC(C)=C1C[C@@]2(C)C(=CC1=O)CC[C@H](OC(=O)/C=C\[S@@](C)=O)[C@@H]2C. The Labute approximate surface area is 146 Å². The Morgan fingerprint density at radius 2 is 2.08 bits per heavy atom. The van der Waals surface area contributed by atoms with Crippen LogP contribution in [0.1, 0.15) is 47.0 Å². The van der Waals surface area contributed by atoms with Crippen LogP contribution in [0.15, 0.2) is 34.3 Å². The van der Waals surface area contributed by atoms with Crippen molar-refractivity contribution in [2.45, 2.75) is 53.1 Å². The first-order valence-electron chi connectivity index (χ1n) is 8.28. The molecule has 0 saturated heterocycles. The van der Waals surface area contributed by atoms with E-state index >= 15 is 0 Å². The monoisotopic (exact) mass is 350 g/mol. The molecule has 0 aromatic heterocycles. The molecule has 2 aliphatic rings. The largest absolute Gasteiger partial charge is 0.459 e. The van der Waals surface area contributed by atoms with E-state index in [1.54, 1.807) is 6.08 Å². The summed E-state index contributed by atoms with van der Waals surface area (Å²) in [4.78, 5) is 24.2. The number of carbonyl (C=O) groups excluding carboxylic acids is 2. The molecular formula is C19H26O4S. The zero-order valence-electron chi connectivity index (χ0n) is 15.0. The molecule has 24 heavy (non-hydrogen) atoms. The van der Waals surface area contributed by atoms with Crippen molar-refractivity contribution in [3.8, 4) is 0 Å². The molecule has 0 N–H and O–H groups in total. The maximum atomic E-state index is 12.3. The summed E-state index contributed by atoms with van der Waals surface area (Å²) in [5, 5.41) is 1.34. The van der Waals surface area contributed by atoms with Gasteiger partial charge in [-0.3, -0.25) is 9.00 Å². The van der Waals surface area contributed by atoms with Crippen LogP contribution in [0, 0.1) is 11.3 Å².